The fourth-order valence-corrected chi connectivity index (χ4v) is 5.67. The second-order valence-corrected chi connectivity index (χ2v) is 10.7. The molecule has 1 unspecified atom stereocenters. The van der Waals surface area contributed by atoms with Gasteiger partial charge in [-0.2, -0.15) is 5.09 Å². The van der Waals surface area contributed by atoms with E-state index in [2.05, 4.69) is 22.9 Å². The van der Waals surface area contributed by atoms with E-state index in [0.717, 1.165) is 19.9 Å². The topological polar surface area (TPSA) is 168 Å². The average molecular weight is 606 g/mol. The summed E-state index contributed by atoms with van der Waals surface area (Å²) in [6.07, 6.45) is 4.11. The maximum Gasteiger partial charge on any atom is 0.459 e. The molecular weight excluding hydrogens is 573 g/mol. The van der Waals surface area contributed by atoms with Gasteiger partial charge in [0.15, 0.2) is 12.3 Å². The van der Waals surface area contributed by atoms with Crippen LogP contribution in [0, 0.1) is 12.3 Å². The van der Waals surface area contributed by atoms with Crippen LogP contribution in [0.15, 0.2) is 55.0 Å². The van der Waals surface area contributed by atoms with Crippen molar-refractivity contribution < 1.29 is 51.7 Å². The number of nitrogens with one attached hydrogen (secondary N) is 2. The Hall–Kier alpha value is -4.15. The van der Waals surface area contributed by atoms with Crippen LogP contribution in [0.4, 0.5) is 0 Å². The molecule has 0 bridgehead atoms. The summed E-state index contributed by atoms with van der Waals surface area (Å²) >= 11 is 0. The minimum Gasteiger partial charge on any atom is -0.465 e. The summed E-state index contributed by atoms with van der Waals surface area (Å²) in [7, 11) is -4.37. The molecule has 3 rings (SSSR count). The number of terminal acetylenes is 1. The number of para-hydroxylation sites is 1. The number of benzene rings is 1. The van der Waals surface area contributed by atoms with Gasteiger partial charge in [-0.25, -0.2) is 4.57 Å². The molecule has 0 aromatic heterocycles. The maximum absolute atomic E-state index is 13.9. The minimum atomic E-state index is -4.37. The van der Waals surface area contributed by atoms with Crippen molar-refractivity contribution in [2.75, 3.05) is 13.2 Å². The molecule has 6 atom stereocenters. The zero-order chi connectivity index (χ0) is 31.1. The van der Waals surface area contributed by atoms with E-state index in [0.29, 0.717) is 0 Å². The number of amides is 1. The van der Waals surface area contributed by atoms with Gasteiger partial charge in [-0.15, -0.1) is 6.42 Å². The highest BCUT2D eigenvalue weighted by atomic mass is 31.2. The summed E-state index contributed by atoms with van der Waals surface area (Å²) in [4.78, 5) is 49.8. The first kappa shape index (κ1) is 32.4. The molecule has 14 nitrogen and oxygen atoms in total. The van der Waals surface area contributed by atoms with Crippen LogP contribution < -0.4 is 14.9 Å². The third-order valence-electron chi connectivity index (χ3n) is 5.85. The van der Waals surface area contributed by atoms with Crippen LogP contribution in [0.1, 0.15) is 27.7 Å². The number of carbonyl (C=O) groups excluding carboxylic acids is 4. The van der Waals surface area contributed by atoms with Crippen LogP contribution in [0.2, 0.25) is 0 Å². The van der Waals surface area contributed by atoms with E-state index in [1.54, 1.807) is 25.1 Å². The first-order chi connectivity index (χ1) is 19.8. The van der Waals surface area contributed by atoms with Gasteiger partial charge in [-0.3, -0.25) is 23.7 Å². The molecule has 0 aliphatic carbocycles. The third-order valence-corrected chi connectivity index (χ3v) is 7.49. The van der Waals surface area contributed by atoms with E-state index in [-0.39, 0.29) is 18.2 Å². The van der Waals surface area contributed by atoms with Crippen LogP contribution in [0.3, 0.4) is 0 Å². The highest BCUT2D eigenvalue weighted by molar-refractivity contribution is 7.52. The van der Waals surface area contributed by atoms with Crippen molar-refractivity contribution in [2.45, 2.75) is 57.8 Å². The zero-order valence-electron chi connectivity index (χ0n) is 23.4. The Balaban J connectivity index is 1.99. The van der Waals surface area contributed by atoms with Gasteiger partial charge in [0.1, 0.15) is 23.7 Å². The molecule has 226 valence electrons. The lowest BCUT2D eigenvalue weighted by Crippen LogP contribution is -2.58. The van der Waals surface area contributed by atoms with Gasteiger partial charge in [-0.1, -0.05) is 30.7 Å². The van der Waals surface area contributed by atoms with Crippen molar-refractivity contribution in [3.63, 3.8) is 0 Å². The van der Waals surface area contributed by atoms with Gasteiger partial charge in [0.05, 0.1) is 13.2 Å². The van der Waals surface area contributed by atoms with Crippen molar-refractivity contribution in [1.82, 2.24) is 15.3 Å². The second kappa shape index (κ2) is 13.7. The highest BCUT2D eigenvalue weighted by Crippen LogP contribution is 2.47. The predicted octanol–water partition coefficient (Wildman–Crippen LogP) is 1.74. The fourth-order valence-electron chi connectivity index (χ4n) is 4.17. The molecule has 0 saturated carbocycles. The van der Waals surface area contributed by atoms with Crippen molar-refractivity contribution >= 4 is 31.6 Å². The molecule has 1 aromatic carbocycles. The SMILES string of the molecule is C#C[C@@]1(OC(C)=O)[C@H](OC(C)=O)[C@@H](COP(=O)(N[C@@H](C)C(=O)OCC)Oc2ccccc2)O[C@H]1N1C=CC(=O)NC1=C. The Labute approximate surface area is 242 Å². The Kier molecular flexibility index (Phi) is 10.5. The first-order valence-corrected chi connectivity index (χ1v) is 14.3. The lowest BCUT2D eigenvalue weighted by atomic mass is 9.93. The largest absolute Gasteiger partial charge is 0.465 e. The fraction of sp³-hybridized carbons (Fsp3) is 0.407. The molecule has 1 aromatic rings. The number of nitrogens with zero attached hydrogens (tertiary/aromatic N) is 1. The summed E-state index contributed by atoms with van der Waals surface area (Å²) in [6.45, 7) is 8.46. The standard InChI is InChI=1S/C27H32N3O11P/c1-7-27(40-20(6)32)24(38-19(5)31)22(39-26(27)30-15-14-23(33)28-18(30)4)16-37-42(35,29-17(3)25(34)36-8-2)41-21-12-10-9-11-13-21/h1,9-15,17,22,24,26H,4,8,16H2,2-3,5-6H3,(H,28,33)(H,29,35)/t17-,22+,24+,26+,27+,42?/m0/s1. The Morgan fingerprint density at radius 2 is 1.95 bits per heavy atom. The van der Waals surface area contributed by atoms with E-state index in [1.165, 1.54) is 30.2 Å². The van der Waals surface area contributed by atoms with E-state index < -0.39 is 68.2 Å². The average Bonchev–Trinajstić information content (AvgIpc) is 3.20. The summed E-state index contributed by atoms with van der Waals surface area (Å²) < 4.78 is 47.4. The summed E-state index contributed by atoms with van der Waals surface area (Å²) in [5.41, 5.74) is -2.09. The number of rotatable bonds is 12. The van der Waals surface area contributed by atoms with Crippen LogP contribution >= 0.6 is 7.75 Å². The Morgan fingerprint density at radius 3 is 2.52 bits per heavy atom. The van der Waals surface area contributed by atoms with Crippen molar-refractivity contribution in [2.24, 2.45) is 0 Å². The Bertz CT molecular complexity index is 1330. The van der Waals surface area contributed by atoms with Gasteiger partial charge >= 0.3 is 25.7 Å². The van der Waals surface area contributed by atoms with Gasteiger partial charge in [0.2, 0.25) is 0 Å². The van der Waals surface area contributed by atoms with Gasteiger partial charge in [0.25, 0.3) is 11.5 Å². The summed E-state index contributed by atoms with van der Waals surface area (Å²) in [6, 6.07) is 6.88. The maximum atomic E-state index is 13.9. The highest BCUT2D eigenvalue weighted by Gasteiger charge is 2.63. The minimum absolute atomic E-state index is 0.0189. The van der Waals surface area contributed by atoms with Gasteiger partial charge < -0.3 is 33.7 Å². The summed E-state index contributed by atoms with van der Waals surface area (Å²) in [5.74, 6) is -0.306. The molecule has 15 heteroatoms. The molecule has 2 aliphatic rings. The number of esters is 3. The molecule has 1 amide bonds. The first-order valence-electron chi connectivity index (χ1n) is 12.7. The molecule has 1 saturated heterocycles. The lowest BCUT2D eigenvalue weighted by molar-refractivity contribution is -0.178. The number of hydrogen-bond donors (Lipinski definition) is 2. The Morgan fingerprint density at radius 1 is 1.26 bits per heavy atom. The van der Waals surface area contributed by atoms with E-state index in [1.807, 2.05) is 0 Å². The molecule has 2 N–H and O–H groups in total. The van der Waals surface area contributed by atoms with Crippen LogP contribution in [0.5, 0.6) is 5.75 Å². The van der Waals surface area contributed by atoms with Gasteiger partial charge in [0, 0.05) is 26.1 Å². The second-order valence-electron chi connectivity index (χ2n) is 9.05. The smallest absolute Gasteiger partial charge is 0.459 e. The molecule has 0 spiro atoms. The molecule has 42 heavy (non-hydrogen) atoms. The molecule has 0 radical (unpaired) electrons. The molecule has 1 fully saturated rings. The normalized spacial score (nSPS) is 25.4. The predicted molar refractivity (Wildman–Crippen MR) is 146 cm³/mol. The monoisotopic (exact) mass is 605 g/mol. The number of hydrogen-bond acceptors (Lipinski definition) is 12. The van der Waals surface area contributed by atoms with Crippen LogP contribution in [-0.4, -0.2) is 72.0 Å². The van der Waals surface area contributed by atoms with Gasteiger partial charge in [-0.05, 0) is 26.0 Å². The molecular formula is C27H32N3O11P. The quantitative estimate of drug-likeness (QED) is 0.153. The lowest BCUT2D eigenvalue weighted by Gasteiger charge is -2.39. The van der Waals surface area contributed by atoms with E-state index >= 15 is 0 Å². The number of carbonyl (C=O) groups is 4. The summed E-state index contributed by atoms with van der Waals surface area (Å²) in [5, 5.41) is 5.00. The number of ether oxygens (including phenoxy) is 4. The molecule has 2 aliphatic heterocycles. The van der Waals surface area contributed by atoms with E-state index in [4.69, 9.17) is 34.4 Å². The zero-order valence-corrected chi connectivity index (χ0v) is 24.3. The van der Waals surface area contributed by atoms with Crippen molar-refractivity contribution in [3.8, 4) is 18.1 Å². The van der Waals surface area contributed by atoms with E-state index in [9.17, 15) is 23.7 Å². The van der Waals surface area contributed by atoms with Crippen LogP contribution in [0.25, 0.3) is 0 Å². The van der Waals surface area contributed by atoms with Crippen molar-refractivity contribution in [3.05, 3.63) is 55.0 Å². The third kappa shape index (κ3) is 7.57. The molecule has 2 heterocycles. The van der Waals surface area contributed by atoms with Crippen LogP contribution in [-0.2, 0) is 47.2 Å². The van der Waals surface area contributed by atoms with Crippen molar-refractivity contribution in [1.29, 1.82) is 0 Å².